The average Bonchev–Trinajstić information content (AvgIpc) is 2.01. The summed E-state index contributed by atoms with van der Waals surface area (Å²) in [6, 6.07) is -0.0718. The number of rotatable bonds is 5. The standard InChI is InChI=1S/C8H17NO3/c1-6(12-4)8(5-11-3)9-7(2)10/h6,8H,5H2,1-4H3,(H,9,10). The molecule has 0 radical (unpaired) electrons. The number of ether oxygens (including phenoxy) is 2. The van der Waals surface area contributed by atoms with E-state index in [1.807, 2.05) is 6.92 Å². The average molecular weight is 175 g/mol. The molecule has 0 saturated heterocycles. The van der Waals surface area contributed by atoms with Gasteiger partial charge in [0.15, 0.2) is 0 Å². The van der Waals surface area contributed by atoms with Crippen molar-refractivity contribution in [3.05, 3.63) is 0 Å². The molecule has 1 amide bonds. The molecule has 2 atom stereocenters. The first-order valence-corrected chi connectivity index (χ1v) is 3.90. The largest absolute Gasteiger partial charge is 0.382 e. The summed E-state index contributed by atoms with van der Waals surface area (Å²) in [5, 5.41) is 2.74. The van der Waals surface area contributed by atoms with Crippen LogP contribution in [0.25, 0.3) is 0 Å². The highest BCUT2D eigenvalue weighted by Gasteiger charge is 2.16. The number of carbonyl (C=O) groups excluding carboxylic acids is 1. The third-order valence-electron chi connectivity index (χ3n) is 1.67. The Morgan fingerprint density at radius 3 is 2.42 bits per heavy atom. The minimum absolute atomic E-state index is 0.0335. The summed E-state index contributed by atoms with van der Waals surface area (Å²) < 4.78 is 10.0. The molecule has 0 bridgehead atoms. The Bertz CT molecular complexity index is 138. The third-order valence-corrected chi connectivity index (χ3v) is 1.67. The van der Waals surface area contributed by atoms with Gasteiger partial charge in [0.25, 0.3) is 0 Å². The Morgan fingerprint density at radius 1 is 1.50 bits per heavy atom. The highest BCUT2D eigenvalue weighted by atomic mass is 16.5. The monoisotopic (exact) mass is 175 g/mol. The van der Waals surface area contributed by atoms with Gasteiger partial charge in [-0.2, -0.15) is 0 Å². The molecule has 2 unspecified atom stereocenters. The Kier molecular flexibility index (Phi) is 5.66. The fourth-order valence-corrected chi connectivity index (χ4v) is 0.899. The first kappa shape index (κ1) is 11.4. The van der Waals surface area contributed by atoms with Crippen molar-refractivity contribution < 1.29 is 14.3 Å². The Balaban J connectivity index is 3.93. The number of carbonyl (C=O) groups is 1. The van der Waals surface area contributed by atoms with Crippen molar-refractivity contribution in [3.8, 4) is 0 Å². The lowest BCUT2D eigenvalue weighted by atomic mass is 10.2. The van der Waals surface area contributed by atoms with Crippen LogP contribution in [0.2, 0.25) is 0 Å². The molecule has 72 valence electrons. The van der Waals surface area contributed by atoms with Gasteiger partial charge < -0.3 is 14.8 Å². The van der Waals surface area contributed by atoms with E-state index < -0.39 is 0 Å². The van der Waals surface area contributed by atoms with E-state index in [2.05, 4.69) is 5.32 Å². The third kappa shape index (κ3) is 4.31. The molecule has 0 aliphatic carbocycles. The van der Waals surface area contributed by atoms with E-state index in [0.717, 1.165) is 0 Å². The van der Waals surface area contributed by atoms with Crippen LogP contribution in [0.1, 0.15) is 13.8 Å². The number of nitrogens with one attached hydrogen (secondary N) is 1. The lowest BCUT2D eigenvalue weighted by Crippen LogP contribution is -2.44. The molecule has 12 heavy (non-hydrogen) atoms. The van der Waals surface area contributed by atoms with Gasteiger partial charge in [0, 0.05) is 21.1 Å². The fraction of sp³-hybridized carbons (Fsp3) is 0.875. The molecule has 0 saturated carbocycles. The predicted octanol–water partition coefficient (Wildman–Crippen LogP) is 0.172. The molecule has 0 spiro atoms. The second-order valence-corrected chi connectivity index (χ2v) is 2.70. The van der Waals surface area contributed by atoms with Gasteiger partial charge in [0.05, 0.1) is 18.8 Å². The van der Waals surface area contributed by atoms with Gasteiger partial charge in [0.2, 0.25) is 5.91 Å². The zero-order valence-electron chi connectivity index (χ0n) is 8.09. The van der Waals surface area contributed by atoms with Crippen LogP contribution >= 0.6 is 0 Å². The fourth-order valence-electron chi connectivity index (χ4n) is 0.899. The molecule has 1 N–H and O–H groups in total. The maximum absolute atomic E-state index is 10.7. The van der Waals surface area contributed by atoms with Gasteiger partial charge in [-0.1, -0.05) is 0 Å². The summed E-state index contributed by atoms with van der Waals surface area (Å²) >= 11 is 0. The van der Waals surface area contributed by atoms with Crippen LogP contribution in [0, 0.1) is 0 Å². The summed E-state index contributed by atoms with van der Waals surface area (Å²) in [5.41, 5.74) is 0. The van der Waals surface area contributed by atoms with E-state index in [9.17, 15) is 4.79 Å². The second kappa shape index (κ2) is 5.97. The zero-order valence-corrected chi connectivity index (χ0v) is 8.09. The van der Waals surface area contributed by atoms with Gasteiger partial charge in [0.1, 0.15) is 0 Å². The van der Waals surface area contributed by atoms with E-state index in [0.29, 0.717) is 6.61 Å². The predicted molar refractivity (Wildman–Crippen MR) is 46.0 cm³/mol. The van der Waals surface area contributed by atoms with Crippen LogP contribution in [-0.2, 0) is 14.3 Å². The topological polar surface area (TPSA) is 47.6 Å². The quantitative estimate of drug-likeness (QED) is 0.648. The van der Waals surface area contributed by atoms with Crippen LogP contribution in [0.4, 0.5) is 0 Å². The highest BCUT2D eigenvalue weighted by molar-refractivity contribution is 5.73. The summed E-state index contributed by atoms with van der Waals surface area (Å²) in [5.74, 6) is -0.0686. The lowest BCUT2D eigenvalue weighted by Gasteiger charge is -2.22. The molecule has 0 aromatic heterocycles. The SMILES string of the molecule is COCC(NC(C)=O)C(C)OC. The zero-order chi connectivity index (χ0) is 9.56. The molecule has 0 aliphatic heterocycles. The van der Waals surface area contributed by atoms with Crippen molar-refractivity contribution in [2.75, 3.05) is 20.8 Å². The lowest BCUT2D eigenvalue weighted by molar-refractivity contribution is -0.121. The van der Waals surface area contributed by atoms with Gasteiger partial charge in [-0.05, 0) is 6.92 Å². The first-order valence-electron chi connectivity index (χ1n) is 3.90. The van der Waals surface area contributed by atoms with Crippen LogP contribution in [-0.4, -0.2) is 38.9 Å². The summed E-state index contributed by atoms with van der Waals surface area (Å²) in [6.07, 6.45) is -0.0335. The number of amides is 1. The van der Waals surface area contributed by atoms with Gasteiger partial charge in [-0.3, -0.25) is 4.79 Å². The first-order chi connectivity index (χ1) is 5.61. The normalized spacial score (nSPS) is 15.3. The van der Waals surface area contributed by atoms with Gasteiger partial charge in [-0.25, -0.2) is 0 Å². The maximum Gasteiger partial charge on any atom is 0.217 e. The Hall–Kier alpha value is -0.610. The van der Waals surface area contributed by atoms with E-state index in [-0.39, 0.29) is 18.1 Å². The van der Waals surface area contributed by atoms with Crippen LogP contribution in [0.15, 0.2) is 0 Å². The molecule has 0 aromatic carbocycles. The van der Waals surface area contributed by atoms with E-state index >= 15 is 0 Å². The van der Waals surface area contributed by atoms with E-state index in [1.54, 1.807) is 14.2 Å². The molecular formula is C8H17NO3. The highest BCUT2D eigenvalue weighted by Crippen LogP contribution is 1.97. The summed E-state index contributed by atoms with van der Waals surface area (Å²) in [4.78, 5) is 10.7. The molecular weight excluding hydrogens is 158 g/mol. The van der Waals surface area contributed by atoms with Gasteiger partial charge in [-0.15, -0.1) is 0 Å². The molecule has 0 fully saturated rings. The molecule has 0 rings (SSSR count). The van der Waals surface area contributed by atoms with Gasteiger partial charge >= 0.3 is 0 Å². The molecule has 0 aromatic rings. The summed E-state index contributed by atoms with van der Waals surface area (Å²) in [6.45, 7) is 3.83. The van der Waals surface area contributed by atoms with Crippen LogP contribution in [0.5, 0.6) is 0 Å². The van der Waals surface area contributed by atoms with E-state index in [4.69, 9.17) is 9.47 Å². The maximum atomic E-state index is 10.7. The Morgan fingerprint density at radius 2 is 2.08 bits per heavy atom. The Labute approximate surface area is 73.2 Å². The second-order valence-electron chi connectivity index (χ2n) is 2.70. The molecule has 0 aliphatic rings. The molecule has 0 heterocycles. The number of methoxy groups -OCH3 is 2. The van der Waals surface area contributed by atoms with Crippen molar-refractivity contribution in [1.82, 2.24) is 5.32 Å². The van der Waals surface area contributed by atoms with Crippen molar-refractivity contribution in [1.29, 1.82) is 0 Å². The minimum atomic E-state index is -0.0718. The van der Waals surface area contributed by atoms with Crippen LogP contribution < -0.4 is 5.32 Å². The number of hydrogen-bond donors (Lipinski definition) is 1. The smallest absolute Gasteiger partial charge is 0.217 e. The summed E-state index contributed by atoms with van der Waals surface area (Å²) in [7, 11) is 3.20. The van der Waals surface area contributed by atoms with Crippen molar-refractivity contribution in [2.45, 2.75) is 26.0 Å². The number of hydrogen-bond acceptors (Lipinski definition) is 3. The molecule has 4 heteroatoms. The van der Waals surface area contributed by atoms with E-state index in [1.165, 1.54) is 6.92 Å². The van der Waals surface area contributed by atoms with Crippen molar-refractivity contribution in [2.24, 2.45) is 0 Å². The molecule has 4 nitrogen and oxygen atoms in total. The van der Waals surface area contributed by atoms with Crippen LogP contribution in [0.3, 0.4) is 0 Å². The minimum Gasteiger partial charge on any atom is -0.382 e. The van der Waals surface area contributed by atoms with Crippen molar-refractivity contribution in [3.63, 3.8) is 0 Å². The van der Waals surface area contributed by atoms with Crippen molar-refractivity contribution >= 4 is 5.91 Å².